The van der Waals surface area contributed by atoms with Crippen LogP contribution in [0.15, 0.2) is 48.5 Å². The van der Waals surface area contributed by atoms with Crippen LogP contribution >= 0.6 is 0 Å². The Hall–Kier alpha value is -2.82. The average molecular weight is 408 g/mol. The molecule has 0 spiro atoms. The molecule has 0 radical (unpaired) electrons. The minimum absolute atomic E-state index is 0.0376. The summed E-state index contributed by atoms with van der Waals surface area (Å²) in [4.78, 5) is 26.7. The van der Waals surface area contributed by atoms with Crippen molar-refractivity contribution < 1.29 is 19.4 Å². The minimum atomic E-state index is -1.24. The van der Waals surface area contributed by atoms with E-state index in [4.69, 9.17) is 4.74 Å². The van der Waals surface area contributed by atoms with Crippen LogP contribution in [0.1, 0.15) is 56.6 Å². The molecule has 0 aliphatic heterocycles. The second-order valence-corrected chi connectivity index (χ2v) is 8.68. The number of hydrogen-bond donors (Lipinski definition) is 1. The second kappa shape index (κ2) is 8.13. The number of amides is 1. The fourth-order valence-electron chi connectivity index (χ4n) is 4.63. The minimum Gasteiger partial charge on any atom is -0.480 e. The monoisotopic (exact) mass is 407 g/mol. The summed E-state index contributed by atoms with van der Waals surface area (Å²) in [5.74, 6) is -0.618. The van der Waals surface area contributed by atoms with Crippen LogP contribution in [0.2, 0.25) is 0 Å². The van der Waals surface area contributed by atoms with Crippen molar-refractivity contribution in [2.24, 2.45) is 5.92 Å². The van der Waals surface area contributed by atoms with Crippen LogP contribution in [-0.2, 0) is 9.53 Å². The number of rotatable bonds is 8. The van der Waals surface area contributed by atoms with Crippen LogP contribution < -0.4 is 0 Å². The van der Waals surface area contributed by atoms with Gasteiger partial charge in [0.05, 0.1) is 0 Å². The molecule has 2 aromatic rings. The molecular formula is C25H29NO4. The van der Waals surface area contributed by atoms with E-state index in [1.54, 1.807) is 6.92 Å². The zero-order chi connectivity index (χ0) is 21.3. The molecule has 1 unspecified atom stereocenters. The molecule has 0 bridgehead atoms. The molecule has 1 saturated carbocycles. The van der Waals surface area contributed by atoms with Gasteiger partial charge in [0.1, 0.15) is 12.1 Å². The molecule has 4 rings (SSSR count). The van der Waals surface area contributed by atoms with E-state index in [0.29, 0.717) is 25.3 Å². The van der Waals surface area contributed by atoms with E-state index in [2.05, 4.69) is 24.3 Å². The Morgan fingerprint density at radius 2 is 1.63 bits per heavy atom. The van der Waals surface area contributed by atoms with E-state index >= 15 is 0 Å². The normalized spacial score (nSPS) is 17.0. The number of hydrogen-bond acceptors (Lipinski definition) is 3. The van der Waals surface area contributed by atoms with Gasteiger partial charge >= 0.3 is 12.1 Å². The largest absolute Gasteiger partial charge is 0.480 e. The van der Waals surface area contributed by atoms with Gasteiger partial charge in [-0.15, -0.1) is 0 Å². The van der Waals surface area contributed by atoms with Crippen LogP contribution in [0.25, 0.3) is 11.1 Å². The van der Waals surface area contributed by atoms with Gasteiger partial charge in [-0.2, -0.15) is 0 Å². The molecule has 1 N–H and O–H groups in total. The molecule has 0 aromatic heterocycles. The van der Waals surface area contributed by atoms with Crippen molar-refractivity contribution in [1.82, 2.24) is 4.90 Å². The summed E-state index contributed by atoms with van der Waals surface area (Å²) in [5, 5.41) is 9.95. The number of carbonyl (C=O) groups excluding carboxylic acids is 1. The van der Waals surface area contributed by atoms with Gasteiger partial charge in [-0.3, -0.25) is 4.90 Å². The fourth-order valence-corrected chi connectivity index (χ4v) is 4.63. The standard InChI is InChI=1S/C25H29NO4/c1-3-14-26(25(2,23(27)28)15-17-12-13-17)24(29)30-16-22-20-10-6-4-8-18(20)19-9-5-7-11-21(19)22/h4-11,17,22H,3,12-16H2,1-2H3,(H,27,28). The number of carboxylic acids is 1. The summed E-state index contributed by atoms with van der Waals surface area (Å²) in [7, 11) is 0. The summed E-state index contributed by atoms with van der Waals surface area (Å²) >= 11 is 0. The highest BCUT2D eigenvalue weighted by Crippen LogP contribution is 2.45. The Balaban J connectivity index is 1.55. The van der Waals surface area contributed by atoms with E-state index < -0.39 is 17.6 Å². The lowest BCUT2D eigenvalue weighted by Crippen LogP contribution is -2.56. The molecule has 5 heteroatoms. The topological polar surface area (TPSA) is 66.8 Å². The van der Waals surface area contributed by atoms with Crippen molar-refractivity contribution in [3.63, 3.8) is 0 Å². The highest BCUT2D eigenvalue weighted by Gasteiger charge is 2.46. The first-order valence-corrected chi connectivity index (χ1v) is 10.8. The van der Waals surface area contributed by atoms with Gasteiger partial charge in [-0.05, 0) is 47.9 Å². The van der Waals surface area contributed by atoms with Crippen molar-refractivity contribution in [1.29, 1.82) is 0 Å². The van der Waals surface area contributed by atoms with Crippen molar-refractivity contribution in [3.05, 3.63) is 59.7 Å². The molecule has 2 aliphatic rings. The van der Waals surface area contributed by atoms with Crippen LogP contribution in [0, 0.1) is 5.92 Å². The number of nitrogens with zero attached hydrogens (tertiary/aromatic N) is 1. The van der Waals surface area contributed by atoms with Crippen molar-refractivity contribution in [2.75, 3.05) is 13.2 Å². The Morgan fingerprint density at radius 3 is 2.13 bits per heavy atom. The van der Waals surface area contributed by atoms with Crippen molar-refractivity contribution >= 4 is 12.1 Å². The molecule has 1 fully saturated rings. The maximum atomic E-state index is 13.1. The van der Waals surface area contributed by atoms with E-state index in [1.165, 1.54) is 16.0 Å². The lowest BCUT2D eigenvalue weighted by molar-refractivity contribution is -0.150. The Morgan fingerprint density at radius 1 is 1.07 bits per heavy atom. The van der Waals surface area contributed by atoms with Gasteiger partial charge in [-0.25, -0.2) is 9.59 Å². The molecule has 2 aromatic carbocycles. The smallest absolute Gasteiger partial charge is 0.410 e. The van der Waals surface area contributed by atoms with Gasteiger partial charge in [0.25, 0.3) is 0 Å². The van der Waals surface area contributed by atoms with E-state index in [-0.39, 0.29) is 12.5 Å². The molecule has 0 heterocycles. The second-order valence-electron chi connectivity index (χ2n) is 8.68. The Labute approximate surface area is 177 Å². The molecule has 0 saturated heterocycles. The third-order valence-corrected chi connectivity index (χ3v) is 6.44. The highest BCUT2D eigenvalue weighted by molar-refractivity contribution is 5.84. The van der Waals surface area contributed by atoms with E-state index in [1.807, 2.05) is 31.2 Å². The summed E-state index contributed by atoms with van der Waals surface area (Å²) in [5.41, 5.74) is 3.40. The van der Waals surface area contributed by atoms with E-state index in [9.17, 15) is 14.7 Å². The van der Waals surface area contributed by atoms with Gasteiger partial charge in [0.2, 0.25) is 0 Å². The number of aliphatic carboxylic acids is 1. The third kappa shape index (κ3) is 3.69. The first kappa shape index (κ1) is 20.5. The lowest BCUT2D eigenvalue weighted by Gasteiger charge is -2.37. The zero-order valence-electron chi connectivity index (χ0n) is 17.6. The Kier molecular flexibility index (Phi) is 5.54. The summed E-state index contributed by atoms with van der Waals surface area (Å²) in [6, 6.07) is 16.4. The maximum Gasteiger partial charge on any atom is 0.410 e. The summed E-state index contributed by atoms with van der Waals surface area (Å²) in [6.45, 7) is 4.17. The number of benzene rings is 2. The third-order valence-electron chi connectivity index (χ3n) is 6.44. The first-order valence-electron chi connectivity index (χ1n) is 10.8. The fraction of sp³-hybridized carbons (Fsp3) is 0.440. The number of carboxylic acid groups (broad SMARTS) is 1. The van der Waals surface area contributed by atoms with Crippen LogP contribution in [-0.4, -0.2) is 40.8 Å². The summed E-state index contributed by atoms with van der Waals surface area (Å²) in [6.07, 6.45) is 2.69. The highest BCUT2D eigenvalue weighted by atomic mass is 16.6. The van der Waals surface area contributed by atoms with Crippen LogP contribution in [0.3, 0.4) is 0 Å². The molecule has 5 nitrogen and oxygen atoms in total. The van der Waals surface area contributed by atoms with Gasteiger partial charge < -0.3 is 9.84 Å². The molecule has 158 valence electrons. The van der Waals surface area contributed by atoms with Gasteiger partial charge in [0.15, 0.2) is 0 Å². The number of fused-ring (bicyclic) bond motifs is 3. The quantitative estimate of drug-likeness (QED) is 0.646. The van der Waals surface area contributed by atoms with Gasteiger partial charge in [0, 0.05) is 12.5 Å². The zero-order valence-corrected chi connectivity index (χ0v) is 17.6. The van der Waals surface area contributed by atoms with Crippen LogP contribution in [0.5, 0.6) is 0 Å². The predicted molar refractivity (Wildman–Crippen MR) is 115 cm³/mol. The molecule has 1 amide bonds. The molecule has 1 atom stereocenters. The average Bonchev–Trinajstić information content (AvgIpc) is 3.50. The molecule has 30 heavy (non-hydrogen) atoms. The van der Waals surface area contributed by atoms with Gasteiger partial charge in [-0.1, -0.05) is 68.3 Å². The number of ether oxygens (including phenoxy) is 1. The Bertz CT molecular complexity index is 906. The lowest BCUT2D eigenvalue weighted by atomic mass is 9.92. The predicted octanol–water partition coefficient (Wildman–Crippen LogP) is 5.29. The van der Waals surface area contributed by atoms with Crippen molar-refractivity contribution in [2.45, 2.75) is 51.0 Å². The maximum absolute atomic E-state index is 13.1. The number of carbonyl (C=O) groups is 2. The summed E-state index contributed by atoms with van der Waals surface area (Å²) < 4.78 is 5.78. The first-order chi connectivity index (χ1) is 14.5. The van der Waals surface area contributed by atoms with Crippen LogP contribution in [0.4, 0.5) is 4.79 Å². The van der Waals surface area contributed by atoms with Crippen molar-refractivity contribution in [3.8, 4) is 11.1 Å². The van der Waals surface area contributed by atoms with E-state index in [0.717, 1.165) is 24.0 Å². The molecule has 2 aliphatic carbocycles. The SMILES string of the molecule is CCCN(C(=O)OCC1c2ccccc2-c2ccccc21)C(C)(CC1CC1)C(=O)O. The molecular weight excluding hydrogens is 378 g/mol.